The zero-order valence-corrected chi connectivity index (χ0v) is 47.2. The average Bonchev–Trinajstić information content (AvgIpc) is 3.37. The van der Waals surface area contributed by atoms with Crippen LogP contribution in [0, 0.1) is 11.8 Å². The van der Waals surface area contributed by atoms with Crippen LogP contribution in [-0.2, 0) is 62.3 Å². The van der Waals surface area contributed by atoms with E-state index in [-0.39, 0.29) is 31.7 Å². The maximum Gasteiger partial charge on any atom is 0.326 e. The highest BCUT2D eigenvalue weighted by Gasteiger charge is 2.37. The molecule has 0 radical (unpaired) electrons. The molecule has 0 saturated heterocycles. The van der Waals surface area contributed by atoms with Gasteiger partial charge in [-0.15, -0.1) is 0 Å². The van der Waals surface area contributed by atoms with Crippen LogP contribution >= 0.6 is 0 Å². The summed E-state index contributed by atoms with van der Waals surface area (Å²) in [5, 5.41) is 60.3. The van der Waals surface area contributed by atoms with Gasteiger partial charge >= 0.3 is 17.9 Å². The van der Waals surface area contributed by atoms with Crippen molar-refractivity contribution in [2.45, 2.75) is 204 Å². The number of aliphatic hydroxyl groups excluding tert-OH is 1. The number of hydrogen-bond acceptors (Lipinski definition) is 18. The van der Waals surface area contributed by atoms with Crippen molar-refractivity contribution in [2.75, 3.05) is 19.6 Å². The Hall–Kier alpha value is -7.09. The van der Waals surface area contributed by atoms with E-state index in [1.54, 1.807) is 27.7 Å². The van der Waals surface area contributed by atoms with Crippen molar-refractivity contribution < 1.29 is 82.8 Å². The lowest BCUT2D eigenvalue weighted by Crippen LogP contribution is -2.62. The highest BCUT2D eigenvalue weighted by molar-refractivity contribution is 5.99. The maximum absolute atomic E-state index is 14.0. The molecule has 0 aliphatic heterocycles. The lowest BCUT2D eigenvalue weighted by molar-refractivity contribution is -0.147. The smallest absolute Gasteiger partial charge is 0.326 e. The first kappa shape index (κ1) is 73.9. The third-order valence-corrected chi connectivity index (χ3v) is 12.5. The van der Waals surface area contributed by atoms with E-state index >= 15 is 0 Å². The zero-order valence-electron chi connectivity index (χ0n) is 47.2. The molecule has 81 heavy (non-hydrogen) atoms. The van der Waals surface area contributed by atoms with Gasteiger partial charge in [0.2, 0.25) is 59.1 Å². The van der Waals surface area contributed by atoms with E-state index in [1.807, 2.05) is 5.32 Å². The second-order valence-corrected chi connectivity index (χ2v) is 20.5. The fourth-order valence-corrected chi connectivity index (χ4v) is 7.80. The Labute approximate surface area is 471 Å². The molecule has 462 valence electrons. The van der Waals surface area contributed by atoms with Crippen molar-refractivity contribution in [1.29, 1.82) is 0 Å². The number of nitrogens with two attached hydrogens (primary N) is 5. The summed E-state index contributed by atoms with van der Waals surface area (Å²) in [6.45, 7) is 9.67. The molecule has 0 bridgehead atoms. The predicted octanol–water partition coefficient (Wildman–Crippen LogP) is -5.14. The summed E-state index contributed by atoms with van der Waals surface area (Å²) in [6, 6.07) is -15.0. The third kappa shape index (κ3) is 30.3. The van der Waals surface area contributed by atoms with Crippen molar-refractivity contribution >= 4 is 77.0 Å². The van der Waals surface area contributed by atoms with E-state index in [0.29, 0.717) is 58.0 Å². The Kier molecular flexibility index (Phi) is 35.9. The zero-order chi connectivity index (χ0) is 62.1. The van der Waals surface area contributed by atoms with Crippen LogP contribution in [0.15, 0.2) is 0 Å². The molecule has 31 heteroatoms. The third-order valence-electron chi connectivity index (χ3n) is 12.5. The molecule has 11 unspecified atom stereocenters. The van der Waals surface area contributed by atoms with Crippen molar-refractivity contribution in [3.8, 4) is 0 Å². The van der Waals surface area contributed by atoms with Gasteiger partial charge in [-0.2, -0.15) is 0 Å². The number of carboxylic acid groups (broad SMARTS) is 3. The van der Waals surface area contributed by atoms with E-state index in [1.165, 1.54) is 0 Å². The van der Waals surface area contributed by atoms with Gasteiger partial charge in [0.15, 0.2) is 0 Å². The van der Waals surface area contributed by atoms with Gasteiger partial charge < -0.3 is 96.9 Å². The number of carboxylic acids is 3. The molecule has 0 aromatic rings. The fourth-order valence-electron chi connectivity index (χ4n) is 7.80. The van der Waals surface area contributed by atoms with Gasteiger partial charge in [0.05, 0.1) is 18.6 Å². The van der Waals surface area contributed by atoms with Crippen LogP contribution in [0.3, 0.4) is 0 Å². The minimum Gasteiger partial charge on any atom is -0.481 e. The van der Waals surface area contributed by atoms with Gasteiger partial charge in [0.1, 0.15) is 54.4 Å². The normalized spacial score (nSPS) is 15.3. The number of carbonyl (C=O) groups excluding carboxylic acids is 10. The summed E-state index contributed by atoms with van der Waals surface area (Å²) < 4.78 is 0. The van der Waals surface area contributed by atoms with E-state index in [9.17, 15) is 77.6 Å². The van der Waals surface area contributed by atoms with Crippen LogP contribution in [0.2, 0.25) is 0 Å². The number of hydrogen-bond donors (Lipinski definition) is 18. The molecule has 11 atom stereocenters. The first-order chi connectivity index (χ1) is 37.9. The summed E-state index contributed by atoms with van der Waals surface area (Å²) in [6.07, 6.45) is -1.63. The van der Waals surface area contributed by atoms with Gasteiger partial charge in [-0.1, -0.05) is 34.1 Å². The molecule has 0 saturated carbocycles. The number of unbranched alkanes of at least 4 members (excludes halogenated alkanes) is 3. The SMILES string of the molecule is CC(C)CC(NC(=O)C(CCC(=O)O)NC(=O)C(CCC(N)=O)NC(=O)C(C)NC(=O)C(NC(=O)C(NC(=O)C(CCCCN)NC(=O)C(CCCCN)NC(=O)C(N)CCCCN)C(C)C)C(C)O)C(=O)NC(CC(=O)O)C(=O)O. The molecule has 10 amide bonds. The van der Waals surface area contributed by atoms with Crippen LogP contribution in [0.25, 0.3) is 0 Å². The van der Waals surface area contributed by atoms with Crippen LogP contribution in [0.1, 0.15) is 138 Å². The predicted molar refractivity (Wildman–Crippen MR) is 291 cm³/mol. The Bertz CT molecular complexity index is 2120. The van der Waals surface area contributed by atoms with Gasteiger partial charge in [0, 0.05) is 12.8 Å². The number of aliphatic hydroxyl groups is 1. The van der Waals surface area contributed by atoms with Crippen LogP contribution in [-0.4, -0.2) is 184 Å². The van der Waals surface area contributed by atoms with Gasteiger partial charge in [-0.25, -0.2) is 4.79 Å². The number of primary amides is 1. The van der Waals surface area contributed by atoms with Gasteiger partial charge in [-0.05, 0) is 116 Å². The van der Waals surface area contributed by atoms with Crippen molar-refractivity contribution in [3.05, 3.63) is 0 Å². The number of aliphatic carboxylic acids is 3. The molecule has 0 fully saturated rings. The molecule has 0 heterocycles. The van der Waals surface area contributed by atoms with Crippen LogP contribution in [0.5, 0.6) is 0 Å². The lowest BCUT2D eigenvalue weighted by Gasteiger charge is -2.29. The molecule has 0 aromatic heterocycles. The molecular weight excluding hydrogens is 1070 g/mol. The largest absolute Gasteiger partial charge is 0.481 e. The van der Waals surface area contributed by atoms with Crippen LogP contribution < -0.4 is 76.5 Å². The molecule has 0 aliphatic carbocycles. The molecule has 0 rings (SSSR count). The standard InChI is InChI=1S/C50H90N14O17/c1-25(2)23-34(47(77)62-35(50(80)81)24-38(69)70)61-45(75)33(17-19-37(67)68)60-44(74)32(16-18-36(55)66)57-41(71)27(5)56-49(79)40(28(6)65)64-48(78)39(26(3)4)63-46(76)31(15-9-12-22-53)59-43(73)30(14-8-11-21-52)58-42(72)29(54)13-7-10-20-51/h25-35,39-40,65H,7-24,51-54H2,1-6H3,(H2,55,66)(H,56,79)(H,57,71)(H,58,72)(H,59,73)(H,60,74)(H,61,75)(H,62,77)(H,63,76)(H,64,78)(H,67,68)(H,69,70)(H,80,81). The van der Waals surface area contributed by atoms with E-state index < -0.39 is 182 Å². The van der Waals surface area contributed by atoms with Crippen molar-refractivity contribution in [1.82, 2.24) is 47.9 Å². The number of nitrogens with one attached hydrogen (secondary N) is 9. The summed E-state index contributed by atoms with van der Waals surface area (Å²) in [7, 11) is 0. The average molecular weight is 1160 g/mol. The number of rotatable bonds is 43. The highest BCUT2D eigenvalue weighted by atomic mass is 16.4. The maximum atomic E-state index is 14.0. The first-order valence-electron chi connectivity index (χ1n) is 27.1. The second-order valence-electron chi connectivity index (χ2n) is 20.5. The Morgan fingerprint density at radius 2 is 0.790 bits per heavy atom. The Morgan fingerprint density at radius 1 is 0.407 bits per heavy atom. The fraction of sp³-hybridized carbons (Fsp3) is 0.740. The quantitative estimate of drug-likeness (QED) is 0.0254. The van der Waals surface area contributed by atoms with Crippen molar-refractivity contribution in [3.63, 3.8) is 0 Å². The van der Waals surface area contributed by atoms with E-state index in [0.717, 1.165) is 13.8 Å². The summed E-state index contributed by atoms with van der Waals surface area (Å²) >= 11 is 0. The first-order valence-corrected chi connectivity index (χ1v) is 27.1. The summed E-state index contributed by atoms with van der Waals surface area (Å²) in [4.78, 5) is 169. The van der Waals surface area contributed by atoms with Crippen LogP contribution in [0.4, 0.5) is 0 Å². The van der Waals surface area contributed by atoms with Gasteiger partial charge in [-0.3, -0.25) is 57.5 Å². The Balaban J connectivity index is 6.51. The lowest BCUT2D eigenvalue weighted by atomic mass is 10.00. The second kappa shape index (κ2) is 39.3. The van der Waals surface area contributed by atoms with Crippen molar-refractivity contribution in [2.24, 2.45) is 40.5 Å². The molecule has 0 aliphatic rings. The van der Waals surface area contributed by atoms with E-state index in [4.69, 9.17) is 33.8 Å². The molecule has 0 aromatic carbocycles. The van der Waals surface area contributed by atoms with E-state index in [2.05, 4.69) is 42.5 Å². The summed E-state index contributed by atoms with van der Waals surface area (Å²) in [5.74, 6) is -15.4. The summed E-state index contributed by atoms with van der Waals surface area (Å²) in [5.41, 5.74) is 28.3. The molecule has 23 N–H and O–H groups in total. The minimum absolute atomic E-state index is 0.0588. The molecule has 0 spiro atoms. The molecule has 31 nitrogen and oxygen atoms in total. The van der Waals surface area contributed by atoms with Gasteiger partial charge in [0.25, 0.3) is 0 Å². The molecular formula is C50H90N14O17. The number of amides is 10. The number of carbonyl (C=O) groups is 13. The minimum atomic E-state index is -1.90. The topological polar surface area (TPSA) is 541 Å². The Morgan fingerprint density at radius 3 is 1.21 bits per heavy atom. The highest BCUT2D eigenvalue weighted by Crippen LogP contribution is 2.12. The monoisotopic (exact) mass is 1160 g/mol.